The van der Waals surface area contributed by atoms with Crippen molar-refractivity contribution in [2.75, 3.05) is 23.3 Å². The van der Waals surface area contributed by atoms with Crippen molar-refractivity contribution >= 4 is 23.2 Å². The summed E-state index contributed by atoms with van der Waals surface area (Å²) in [6, 6.07) is 16.6. The molecule has 0 saturated carbocycles. The van der Waals surface area contributed by atoms with Crippen LogP contribution in [0.15, 0.2) is 54.6 Å². The second kappa shape index (κ2) is 10.1. The molecular formula is C24H31N3O2. The van der Waals surface area contributed by atoms with Crippen molar-refractivity contribution < 1.29 is 9.59 Å². The van der Waals surface area contributed by atoms with E-state index in [1.807, 2.05) is 56.3 Å². The summed E-state index contributed by atoms with van der Waals surface area (Å²) in [6.45, 7) is 6.15. The lowest BCUT2D eigenvalue weighted by atomic mass is 10.0. The Morgan fingerprint density at radius 1 is 0.931 bits per heavy atom. The van der Waals surface area contributed by atoms with Gasteiger partial charge in [0.1, 0.15) is 6.04 Å². The van der Waals surface area contributed by atoms with E-state index in [9.17, 15) is 9.59 Å². The van der Waals surface area contributed by atoms with Crippen LogP contribution >= 0.6 is 0 Å². The predicted molar refractivity (Wildman–Crippen MR) is 118 cm³/mol. The SMILES string of the molecule is CC(C)CC(=O)NC(C(=O)Nc1ccc(N2CCCCC2)cc1)c1ccccc1. The van der Waals surface area contributed by atoms with Crippen molar-refractivity contribution in [1.82, 2.24) is 5.32 Å². The molecule has 2 N–H and O–H groups in total. The summed E-state index contributed by atoms with van der Waals surface area (Å²) in [7, 11) is 0. The van der Waals surface area contributed by atoms with Crippen LogP contribution in [0.5, 0.6) is 0 Å². The molecule has 1 aliphatic heterocycles. The lowest BCUT2D eigenvalue weighted by Gasteiger charge is -2.29. The minimum Gasteiger partial charge on any atom is -0.372 e. The first-order chi connectivity index (χ1) is 14.0. The summed E-state index contributed by atoms with van der Waals surface area (Å²) in [6.07, 6.45) is 4.15. The highest BCUT2D eigenvalue weighted by atomic mass is 16.2. The minimum absolute atomic E-state index is 0.121. The van der Waals surface area contributed by atoms with E-state index in [-0.39, 0.29) is 17.7 Å². The Morgan fingerprint density at radius 3 is 2.21 bits per heavy atom. The van der Waals surface area contributed by atoms with Gasteiger partial charge in [-0.1, -0.05) is 44.2 Å². The zero-order valence-electron chi connectivity index (χ0n) is 17.4. The van der Waals surface area contributed by atoms with Crippen LogP contribution in [0.4, 0.5) is 11.4 Å². The maximum atomic E-state index is 13.0. The van der Waals surface area contributed by atoms with Gasteiger partial charge in [-0.05, 0) is 55.0 Å². The highest BCUT2D eigenvalue weighted by Gasteiger charge is 2.23. The molecule has 2 aromatic rings. The van der Waals surface area contributed by atoms with E-state index >= 15 is 0 Å². The maximum absolute atomic E-state index is 13.0. The average Bonchev–Trinajstić information content (AvgIpc) is 2.73. The molecule has 1 aliphatic rings. The predicted octanol–water partition coefficient (Wildman–Crippen LogP) is 4.52. The molecule has 0 aromatic heterocycles. The number of benzene rings is 2. The number of piperidine rings is 1. The van der Waals surface area contributed by atoms with Crippen molar-refractivity contribution in [2.24, 2.45) is 5.92 Å². The van der Waals surface area contributed by atoms with E-state index in [1.54, 1.807) is 0 Å². The molecule has 0 spiro atoms. The number of rotatable bonds is 7. The standard InChI is InChI=1S/C24H31N3O2/c1-18(2)17-22(28)26-23(19-9-5-3-6-10-19)24(29)25-20-11-13-21(14-12-20)27-15-7-4-8-16-27/h3,5-6,9-14,18,23H,4,7-8,15-17H2,1-2H3,(H,25,29)(H,26,28). The van der Waals surface area contributed by atoms with E-state index in [0.717, 1.165) is 24.3 Å². The quantitative estimate of drug-likeness (QED) is 0.727. The third-order valence-corrected chi connectivity index (χ3v) is 5.15. The van der Waals surface area contributed by atoms with Crippen molar-refractivity contribution in [2.45, 2.75) is 45.6 Å². The first-order valence-electron chi connectivity index (χ1n) is 10.5. The lowest BCUT2D eigenvalue weighted by molar-refractivity contribution is -0.127. The van der Waals surface area contributed by atoms with Crippen LogP contribution in [-0.4, -0.2) is 24.9 Å². The Morgan fingerprint density at radius 2 is 1.59 bits per heavy atom. The number of nitrogens with one attached hydrogen (secondary N) is 2. The molecule has 5 heteroatoms. The van der Waals surface area contributed by atoms with Gasteiger partial charge in [-0.25, -0.2) is 0 Å². The molecule has 2 aromatic carbocycles. The second-order valence-corrected chi connectivity index (χ2v) is 8.09. The number of carbonyl (C=O) groups is 2. The zero-order chi connectivity index (χ0) is 20.6. The highest BCUT2D eigenvalue weighted by molar-refractivity contribution is 5.98. The average molecular weight is 394 g/mol. The molecule has 0 aliphatic carbocycles. The molecule has 1 saturated heterocycles. The van der Waals surface area contributed by atoms with Crippen LogP contribution in [-0.2, 0) is 9.59 Å². The van der Waals surface area contributed by atoms with Gasteiger partial charge in [0, 0.05) is 30.9 Å². The monoisotopic (exact) mass is 393 g/mol. The smallest absolute Gasteiger partial charge is 0.251 e. The van der Waals surface area contributed by atoms with E-state index in [0.29, 0.717) is 6.42 Å². The maximum Gasteiger partial charge on any atom is 0.251 e. The molecule has 1 unspecified atom stereocenters. The third-order valence-electron chi connectivity index (χ3n) is 5.15. The third kappa shape index (κ3) is 6.08. The molecule has 2 amide bonds. The minimum atomic E-state index is -0.718. The van der Waals surface area contributed by atoms with Gasteiger partial charge >= 0.3 is 0 Å². The fraction of sp³-hybridized carbons (Fsp3) is 0.417. The largest absolute Gasteiger partial charge is 0.372 e. The number of carbonyl (C=O) groups excluding carboxylic acids is 2. The summed E-state index contributed by atoms with van der Waals surface area (Å²) in [4.78, 5) is 27.7. The Labute approximate surface area is 173 Å². The van der Waals surface area contributed by atoms with Gasteiger partial charge < -0.3 is 15.5 Å². The first-order valence-corrected chi connectivity index (χ1v) is 10.5. The molecule has 1 atom stereocenters. The molecule has 1 fully saturated rings. The summed E-state index contributed by atoms with van der Waals surface area (Å²) in [5.41, 5.74) is 2.69. The Kier molecular flexibility index (Phi) is 7.28. The molecule has 3 rings (SSSR count). The van der Waals surface area contributed by atoms with Crippen LogP contribution in [0.1, 0.15) is 51.1 Å². The zero-order valence-corrected chi connectivity index (χ0v) is 17.4. The molecule has 5 nitrogen and oxygen atoms in total. The Balaban J connectivity index is 1.69. The van der Waals surface area contributed by atoms with Crippen LogP contribution in [0.2, 0.25) is 0 Å². The van der Waals surface area contributed by atoms with Gasteiger partial charge in [0.05, 0.1) is 0 Å². The van der Waals surface area contributed by atoms with E-state index in [1.165, 1.54) is 24.9 Å². The van der Waals surface area contributed by atoms with Crippen molar-refractivity contribution in [3.63, 3.8) is 0 Å². The number of amides is 2. The summed E-state index contributed by atoms with van der Waals surface area (Å²) >= 11 is 0. The molecule has 154 valence electrons. The van der Waals surface area contributed by atoms with E-state index < -0.39 is 6.04 Å². The summed E-state index contributed by atoms with van der Waals surface area (Å²) in [5.74, 6) is -0.125. The van der Waals surface area contributed by atoms with Gasteiger partial charge in [0.15, 0.2) is 0 Å². The molecule has 1 heterocycles. The number of hydrogen-bond donors (Lipinski definition) is 2. The van der Waals surface area contributed by atoms with E-state index in [4.69, 9.17) is 0 Å². The fourth-order valence-corrected chi connectivity index (χ4v) is 3.66. The number of nitrogens with zero attached hydrogens (tertiary/aromatic N) is 1. The molecule has 29 heavy (non-hydrogen) atoms. The number of anilines is 2. The van der Waals surface area contributed by atoms with Gasteiger partial charge in [-0.2, -0.15) is 0 Å². The van der Waals surface area contributed by atoms with Gasteiger partial charge in [0.25, 0.3) is 5.91 Å². The molecular weight excluding hydrogens is 362 g/mol. The summed E-state index contributed by atoms with van der Waals surface area (Å²) in [5, 5.41) is 5.85. The highest BCUT2D eigenvalue weighted by Crippen LogP contribution is 2.23. The lowest BCUT2D eigenvalue weighted by Crippen LogP contribution is -2.37. The van der Waals surface area contributed by atoms with Crippen LogP contribution in [0.25, 0.3) is 0 Å². The first kappa shape index (κ1) is 20.9. The van der Waals surface area contributed by atoms with Crippen LogP contribution in [0, 0.1) is 5.92 Å². The normalized spacial score (nSPS) is 15.1. The van der Waals surface area contributed by atoms with Crippen LogP contribution < -0.4 is 15.5 Å². The Hall–Kier alpha value is -2.82. The molecule has 0 radical (unpaired) electrons. The fourth-order valence-electron chi connectivity index (χ4n) is 3.66. The Bertz CT molecular complexity index is 797. The topological polar surface area (TPSA) is 61.4 Å². The van der Waals surface area contributed by atoms with Gasteiger partial charge in [0.2, 0.25) is 5.91 Å². The number of hydrogen-bond acceptors (Lipinski definition) is 3. The summed E-state index contributed by atoms with van der Waals surface area (Å²) < 4.78 is 0. The van der Waals surface area contributed by atoms with Crippen molar-refractivity contribution in [1.29, 1.82) is 0 Å². The van der Waals surface area contributed by atoms with Crippen molar-refractivity contribution in [3.05, 3.63) is 60.2 Å². The van der Waals surface area contributed by atoms with Crippen LogP contribution in [0.3, 0.4) is 0 Å². The van der Waals surface area contributed by atoms with Gasteiger partial charge in [-0.15, -0.1) is 0 Å². The van der Waals surface area contributed by atoms with Crippen molar-refractivity contribution in [3.8, 4) is 0 Å². The van der Waals surface area contributed by atoms with Gasteiger partial charge in [-0.3, -0.25) is 9.59 Å². The van der Waals surface area contributed by atoms with E-state index in [2.05, 4.69) is 27.7 Å². The molecule has 0 bridgehead atoms. The second-order valence-electron chi connectivity index (χ2n) is 8.09.